The van der Waals surface area contributed by atoms with Crippen LogP contribution in [0.25, 0.3) is 0 Å². The molecule has 0 saturated heterocycles. The molecule has 5 nitrogen and oxygen atoms in total. The Labute approximate surface area is 101 Å². The third-order valence-electron chi connectivity index (χ3n) is 4.22. The number of hydrogen-bond acceptors (Lipinski definition) is 4. The van der Waals surface area contributed by atoms with E-state index in [2.05, 4.69) is 14.5 Å². The fourth-order valence-electron chi connectivity index (χ4n) is 3.09. The number of imidazole rings is 1. The van der Waals surface area contributed by atoms with Gasteiger partial charge in [-0.3, -0.25) is 4.90 Å². The minimum atomic E-state index is -0.350. The van der Waals surface area contributed by atoms with Crippen LogP contribution in [-0.2, 0) is 13.1 Å². The summed E-state index contributed by atoms with van der Waals surface area (Å²) in [5, 5.41) is 9.31. The molecule has 2 unspecified atom stereocenters. The summed E-state index contributed by atoms with van der Waals surface area (Å²) in [5.41, 5.74) is 5.78. The van der Waals surface area contributed by atoms with E-state index in [4.69, 9.17) is 5.73 Å². The Hall–Kier alpha value is -0.910. The second kappa shape index (κ2) is 4.08. The predicted octanol–water partition coefficient (Wildman–Crippen LogP) is -0.0590. The lowest BCUT2D eigenvalue weighted by atomic mass is 10.0. The zero-order valence-electron chi connectivity index (χ0n) is 10.0. The van der Waals surface area contributed by atoms with Gasteiger partial charge in [0.1, 0.15) is 5.82 Å². The topological polar surface area (TPSA) is 67.3 Å². The zero-order valence-corrected chi connectivity index (χ0v) is 10.0. The molecule has 1 aromatic rings. The summed E-state index contributed by atoms with van der Waals surface area (Å²) in [7, 11) is 0. The fourth-order valence-corrected chi connectivity index (χ4v) is 3.09. The molecule has 3 rings (SSSR count). The number of fused-ring (bicyclic) bond motifs is 1. The molecule has 1 aliphatic carbocycles. The van der Waals surface area contributed by atoms with Crippen LogP contribution in [0, 0.1) is 0 Å². The average molecular weight is 236 g/mol. The van der Waals surface area contributed by atoms with Gasteiger partial charge in [0, 0.05) is 37.1 Å². The van der Waals surface area contributed by atoms with E-state index in [1.165, 1.54) is 0 Å². The van der Waals surface area contributed by atoms with Crippen molar-refractivity contribution in [2.24, 2.45) is 5.73 Å². The van der Waals surface area contributed by atoms with E-state index < -0.39 is 0 Å². The lowest BCUT2D eigenvalue weighted by Crippen LogP contribution is -2.45. The Bertz CT molecular complexity index is 405. The van der Waals surface area contributed by atoms with E-state index in [0.717, 1.165) is 44.7 Å². The Kier molecular flexibility index (Phi) is 2.69. The summed E-state index contributed by atoms with van der Waals surface area (Å²) in [6.45, 7) is 3.10. The highest BCUT2D eigenvalue weighted by molar-refractivity contribution is 5.01. The molecule has 0 amide bonds. The quantitative estimate of drug-likeness (QED) is 0.755. The predicted molar refractivity (Wildman–Crippen MR) is 64.3 cm³/mol. The van der Waals surface area contributed by atoms with Gasteiger partial charge < -0.3 is 15.4 Å². The molecule has 1 aromatic heterocycles. The Morgan fingerprint density at radius 3 is 3.18 bits per heavy atom. The van der Waals surface area contributed by atoms with Crippen LogP contribution in [-0.4, -0.2) is 44.3 Å². The Morgan fingerprint density at radius 1 is 1.53 bits per heavy atom. The van der Waals surface area contributed by atoms with Crippen LogP contribution in [0.1, 0.15) is 25.1 Å². The van der Waals surface area contributed by atoms with Crippen LogP contribution >= 0.6 is 0 Å². The van der Waals surface area contributed by atoms with Crippen LogP contribution in [0.3, 0.4) is 0 Å². The van der Waals surface area contributed by atoms with Crippen molar-refractivity contribution in [2.75, 3.05) is 13.2 Å². The number of nitrogens with two attached hydrogens (primary N) is 1. The van der Waals surface area contributed by atoms with E-state index in [9.17, 15) is 5.11 Å². The highest BCUT2D eigenvalue weighted by Crippen LogP contribution is 2.32. The van der Waals surface area contributed by atoms with Gasteiger partial charge in [0.15, 0.2) is 0 Å². The Balaban J connectivity index is 1.68. The summed E-state index contributed by atoms with van der Waals surface area (Å²) in [6, 6.07) is 0.512. The van der Waals surface area contributed by atoms with Crippen molar-refractivity contribution in [3.05, 3.63) is 18.2 Å². The van der Waals surface area contributed by atoms with Gasteiger partial charge in [-0.2, -0.15) is 0 Å². The van der Waals surface area contributed by atoms with Crippen molar-refractivity contribution in [1.29, 1.82) is 0 Å². The maximum atomic E-state index is 9.31. The largest absolute Gasteiger partial charge is 0.394 e. The smallest absolute Gasteiger partial charge is 0.122 e. The summed E-state index contributed by atoms with van der Waals surface area (Å²) in [6.07, 6.45) is 6.85. The van der Waals surface area contributed by atoms with E-state index in [-0.39, 0.29) is 12.1 Å². The summed E-state index contributed by atoms with van der Waals surface area (Å²) in [4.78, 5) is 6.84. The van der Waals surface area contributed by atoms with E-state index in [0.29, 0.717) is 6.04 Å². The minimum Gasteiger partial charge on any atom is -0.394 e. The summed E-state index contributed by atoms with van der Waals surface area (Å²) >= 11 is 0. The van der Waals surface area contributed by atoms with Crippen molar-refractivity contribution in [3.63, 3.8) is 0 Å². The monoisotopic (exact) mass is 236 g/mol. The third kappa shape index (κ3) is 1.99. The van der Waals surface area contributed by atoms with Crippen molar-refractivity contribution in [3.8, 4) is 0 Å². The number of aliphatic hydroxyl groups is 1. The number of aromatic nitrogens is 2. The third-order valence-corrected chi connectivity index (χ3v) is 4.22. The molecule has 2 aliphatic rings. The zero-order chi connectivity index (χ0) is 11.9. The number of hydrogen-bond donors (Lipinski definition) is 2. The standard InChI is InChI=1S/C12H20N4O/c13-12(9-17)2-1-10(7-12)16-6-5-15-4-3-14-11(15)8-16/h3-4,10,17H,1-2,5-9,13H2. The van der Waals surface area contributed by atoms with Gasteiger partial charge in [0.2, 0.25) is 0 Å². The van der Waals surface area contributed by atoms with Crippen molar-refractivity contribution in [1.82, 2.24) is 14.5 Å². The molecule has 3 N–H and O–H groups in total. The number of rotatable bonds is 2. The summed E-state index contributed by atoms with van der Waals surface area (Å²) < 4.78 is 2.22. The molecular formula is C12H20N4O. The van der Waals surface area contributed by atoms with Gasteiger partial charge in [0.05, 0.1) is 13.2 Å². The lowest BCUT2D eigenvalue weighted by Gasteiger charge is -2.33. The molecule has 0 radical (unpaired) electrons. The van der Waals surface area contributed by atoms with Crippen LogP contribution in [0.5, 0.6) is 0 Å². The molecular weight excluding hydrogens is 216 g/mol. The molecule has 0 spiro atoms. The van der Waals surface area contributed by atoms with Gasteiger partial charge in [-0.1, -0.05) is 0 Å². The van der Waals surface area contributed by atoms with E-state index >= 15 is 0 Å². The normalized spacial score (nSPS) is 33.9. The molecule has 1 fully saturated rings. The molecule has 1 saturated carbocycles. The van der Waals surface area contributed by atoms with Crippen molar-refractivity contribution < 1.29 is 5.11 Å². The van der Waals surface area contributed by atoms with Gasteiger partial charge >= 0.3 is 0 Å². The number of nitrogens with zero attached hydrogens (tertiary/aromatic N) is 3. The first-order valence-corrected chi connectivity index (χ1v) is 6.34. The van der Waals surface area contributed by atoms with Crippen LogP contribution in [0.15, 0.2) is 12.4 Å². The van der Waals surface area contributed by atoms with Gasteiger partial charge in [-0.25, -0.2) is 4.98 Å². The second-order valence-corrected chi connectivity index (χ2v) is 5.42. The lowest BCUT2D eigenvalue weighted by molar-refractivity contribution is 0.138. The first-order valence-electron chi connectivity index (χ1n) is 6.34. The highest BCUT2D eigenvalue weighted by atomic mass is 16.3. The first-order chi connectivity index (χ1) is 8.20. The van der Waals surface area contributed by atoms with Crippen molar-refractivity contribution >= 4 is 0 Å². The summed E-state index contributed by atoms with van der Waals surface area (Å²) in [5.74, 6) is 1.15. The molecule has 2 atom stereocenters. The molecule has 0 aromatic carbocycles. The highest BCUT2D eigenvalue weighted by Gasteiger charge is 2.38. The van der Waals surface area contributed by atoms with Crippen LogP contribution < -0.4 is 5.73 Å². The maximum Gasteiger partial charge on any atom is 0.122 e. The van der Waals surface area contributed by atoms with E-state index in [1.807, 2.05) is 12.4 Å². The maximum absolute atomic E-state index is 9.31. The first kappa shape index (κ1) is 11.2. The Morgan fingerprint density at radius 2 is 2.41 bits per heavy atom. The molecule has 2 heterocycles. The fraction of sp³-hybridized carbons (Fsp3) is 0.750. The SMILES string of the molecule is NC1(CO)CCC(N2CCn3ccnc3C2)C1. The average Bonchev–Trinajstić information content (AvgIpc) is 2.95. The minimum absolute atomic E-state index is 0.103. The second-order valence-electron chi connectivity index (χ2n) is 5.42. The van der Waals surface area contributed by atoms with Crippen molar-refractivity contribution in [2.45, 2.75) is 43.9 Å². The van der Waals surface area contributed by atoms with E-state index in [1.54, 1.807) is 0 Å². The molecule has 1 aliphatic heterocycles. The van der Waals surface area contributed by atoms with Gasteiger partial charge in [0.25, 0.3) is 0 Å². The number of aliphatic hydroxyl groups excluding tert-OH is 1. The van der Waals surface area contributed by atoms with Crippen LogP contribution in [0.2, 0.25) is 0 Å². The molecule has 0 bridgehead atoms. The molecule has 5 heteroatoms. The van der Waals surface area contributed by atoms with Gasteiger partial charge in [-0.05, 0) is 19.3 Å². The van der Waals surface area contributed by atoms with Gasteiger partial charge in [-0.15, -0.1) is 0 Å². The van der Waals surface area contributed by atoms with Crippen LogP contribution in [0.4, 0.5) is 0 Å². The molecule has 94 valence electrons. The molecule has 17 heavy (non-hydrogen) atoms.